The number of hydrogen-bond donors (Lipinski definition) is 2. The van der Waals surface area contributed by atoms with Gasteiger partial charge in [0, 0.05) is 6.07 Å². The van der Waals surface area contributed by atoms with Crippen molar-refractivity contribution in [3.63, 3.8) is 0 Å². The molecule has 2 aromatic rings. The molecule has 0 aromatic heterocycles. The van der Waals surface area contributed by atoms with Gasteiger partial charge in [0.1, 0.15) is 11.6 Å². The number of ether oxygens (including phenoxy) is 1. The van der Waals surface area contributed by atoms with Gasteiger partial charge in [-0.25, -0.2) is 13.6 Å². The maximum Gasteiger partial charge on any atom is 0.338 e. The highest BCUT2D eigenvalue weighted by molar-refractivity contribution is 6.33. The first-order valence-electron chi connectivity index (χ1n) is 6.34. The van der Waals surface area contributed by atoms with E-state index in [4.69, 9.17) is 22.1 Å². The number of hydrogen-bond acceptors (Lipinski definition) is 4. The van der Waals surface area contributed by atoms with Crippen molar-refractivity contribution < 1.29 is 23.1 Å². The minimum Gasteiger partial charge on any atom is -0.452 e. The van der Waals surface area contributed by atoms with Gasteiger partial charge < -0.3 is 15.8 Å². The van der Waals surface area contributed by atoms with E-state index in [-0.39, 0.29) is 22.0 Å². The third-order valence-electron chi connectivity index (χ3n) is 2.77. The molecule has 3 N–H and O–H groups in total. The molecule has 23 heavy (non-hydrogen) atoms. The molecule has 5 nitrogen and oxygen atoms in total. The van der Waals surface area contributed by atoms with Crippen LogP contribution in [0.15, 0.2) is 36.4 Å². The Balaban J connectivity index is 1.94. The number of anilines is 2. The van der Waals surface area contributed by atoms with Crippen LogP contribution >= 0.6 is 11.6 Å². The van der Waals surface area contributed by atoms with Gasteiger partial charge in [-0.1, -0.05) is 11.6 Å². The van der Waals surface area contributed by atoms with Crippen LogP contribution in [0.3, 0.4) is 0 Å². The zero-order valence-electron chi connectivity index (χ0n) is 11.6. The molecule has 0 spiro atoms. The number of rotatable bonds is 4. The SMILES string of the molecule is Nc1cc(C(=O)OCC(=O)Nc2cc(F)ccc2F)ccc1Cl. The van der Waals surface area contributed by atoms with Crippen molar-refractivity contribution in [2.45, 2.75) is 0 Å². The van der Waals surface area contributed by atoms with Gasteiger partial charge in [0.25, 0.3) is 5.91 Å². The number of carbonyl (C=O) groups excluding carboxylic acids is 2. The molecule has 0 aliphatic heterocycles. The van der Waals surface area contributed by atoms with Crippen molar-refractivity contribution in [1.29, 1.82) is 0 Å². The Morgan fingerprint density at radius 1 is 1.17 bits per heavy atom. The fourth-order valence-corrected chi connectivity index (χ4v) is 1.78. The van der Waals surface area contributed by atoms with Gasteiger partial charge >= 0.3 is 5.97 Å². The van der Waals surface area contributed by atoms with Crippen LogP contribution < -0.4 is 11.1 Å². The lowest BCUT2D eigenvalue weighted by atomic mass is 10.2. The van der Waals surface area contributed by atoms with Crippen molar-refractivity contribution in [3.8, 4) is 0 Å². The first-order chi connectivity index (χ1) is 10.9. The Morgan fingerprint density at radius 3 is 2.61 bits per heavy atom. The van der Waals surface area contributed by atoms with E-state index in [1.165, 1.54) is 18.2 Å². The molecule has 0 radical (unpaired) electrons. The lowest BCUT2D eigenvalue weighted by Gasteiger charge is -2.08. The number of halogens is 3. The van der Waals surface area contributed by atoms with Crippen molar-refractivity contribution in [1.82, 2.24) is 0 Å². The lowest BCUT2D eigenvalue weighted by molar-refractivity contribution is -0.119. The summed E-state index contributed by atoms with van der Waals surface area (Å²) in [6.07, 6.45) is 0. The minimum atomic E-state index is -0.815. The summed E-state index contributed by atoms with van der Waals surface area (Å²) in [4.78, 5) is 23.4. The summed E-state index contributed by atoms with van der Waals surface area (Å²) in [5, 5.41) is 2.38. The van der Waals surface area contributed by atoms with Crippen molar-refractivity contribution in [3.05, 3.63) is 58.6 Å². The molecule has 0 heterocycles. The molecule has 0 saturated heterocycles. The second kappa shape index (κ2) is 7.06. The summed E-state index contributed by atoms with van der Waals surface area (Å²) in [6, 6.07) is 6.69. The number of esters is 1. The van der Waals surface area contributed by atoms with E-state index >= 15 is 0 Å². The number of amides is 1. The van der Waals surface area contributed by atoms with Crippen LogP contribution in [-0.4, -0.2) is 18.5 Å². The van der Waals surface area contributed by atoms with Crippen LogP contribution in [0.1, 0.15) is 10.4 Å². The maximum absolute atomic E-state index is 13.4. The Labute approximate surface area is 135 Å². The Bertz CT molecular complexity index is 768. The van der Waals surface area contributed by atoms with E-state index in [0.717, 1.165) is 18.2 Å². The summed E-state index contributed by atoms with van der Waals surface area (Å²) < 4.78 is 31.1. The number of benzene rings is 2. The highest BCUT2D eigenvalue weighted by Gasteiger charge is 2.13. The molecular formula is C15H11ClF2N2O3. The Hall–Kier alpha value is -2.67. The van der Waals surface area contributed by atoms with Crippen LogP contribution in [0.25, 0.3) is 0 Å². The van der Waals surface area contributed by atoms with E-state index in [0.29, 0.717) is 0 Å². The molecule has 1 amide bonds. The highest BCUT2D eigenvalue weighted by atomic mass is 35.5. The lowest BCUT2D eigenvalue weighted by Crippen LogP contribution is -2.21. The topological polar surface area (TPSA) is 81.4 Å². The number of carbonyl (C=O) groups is 2. The molecule has 0 bridgehead atoms. The summed E-state index contributed by atoms with van der Waals surface area (Å²) in [6.45, 7) is -0.669. The average Bonchev–Trinajstić information content (AvgIpc) is 2.51. The zero-order valence-corrected chi connectivity index (χ0v) is 12.4. The number of nitrogen functional groups attached to an aromatic ring is 1. The smallest absolute Gasteiger partial charge is 0.338 e. The first-order valence-corrected chi connectivity index (χ1v) is 6.71. The van der Waals surface area contributed by atoms with E-state index in [1.54, 1.807) is 0 Å². The molecule has 2 aromatic carbocycles. The maximum atomic E-state index is 13.4. The van der Waals surface area contributed by atoms with Crippen LogP contribution in [-0.2, 0) is 9.53 Å². The van der Waals surface area contributed by atoms with Crippen molar-refractivity contribution >= 4 is 34.9 Å². The van der Waals surface area contributed by atoms with Crippen LogP contribution in [0, 0.1) is 11.6 Å². The number of nitrogens with two attached hydrogens (primary N) is 1. The predicted molar refractivity (Wildman–Crippen MR) is 81.1 cm³/mol. The number of nitrogens with one attached hydrogen (secondary N) is 1. The molecule has 0 fully saturated rings. The van der Waals surface area contributed by atoms with E-state index < -0.39 is 30.1 Å². The summed E-state index contributed by atoms with van der Waals surface area (Å²) in [5.74, 6) is -3.14. The van der Waals surface area contributed by atoms with Crippen molar-refractivity contribution in [2.75, 3.05) is 17.7 Å². The summed E-state index contributed by atoms with van der Waals surface area (Å²) >= 11 is 5.72. The standard InChI is InChI=1S/C15H11ClF2N2O3/c16-10-3-1-8(5-12(10)19)15(22)23-7-14(21)20-13-6-9(17)2-4-11(13)18/h1-6H,7,19H2,(H,20,21). The Kier molecular flexibility index (Phi) is 5.13. The van der Waals surface area contributed by atoms with Gasteiger partial charge in [0.15, 0.2) is 6.61 Å². The van der Waals surface area contributed by atoms with Gasteiger partial charge in [-0.05, 0) is 30.3 Å². The van der Waals surface area contributed by atoms with Gasteiger partial charge in [-0.15, -0.1) is 0 Å². The largest absolute Gasteiger partial charge is 0.452 e. The van der Waals surface area contributed by atoms with Gasteiger partial charge in [0.05, 0.1) is 22.0 Å². The molecule has 2 rings (SSSR count). The molecule has 120 valence electrons. The first kappa shape index (κ1) is 16.7. The zero-order chi connectivity index (χ0) is 17.0. The van der Waals surface area contributed by atoms with Crippen LogP contribution in [0.4, 0.5) is 20.2 Å². The molecule has 0 aliphatic carbocycles. The van der Waals surface area contributed by atoms with Gasteiger partial charge in [0.2, 0.25) is 0 Å². The third-order valence-corrected chi connectivity index (χ3v) is 3.11. The summed E-state index contributed by atoms with van der Waals surface area (Å²) in [7, 11) is 0. The van der Waals surface area contributed by atoms with E-state index in [2.05, 4.69) is 5.32 Å². The van der Waals surface area contributed by atoms with Crippen LogP contribution in [0.5, 0.6) is 0 Å². The second-order valence-electron chi connectivity index (χ2n) is 4.48. The van der Waals surface area contributed by atoms with E-state index in [9.17, 15) is 18.4 Å². The summed E-state index contributed by atoms with van der Waals surface area (Å²) in [5.41, 5.74) is 5.50. The molecular weight excluding hydrogens is 330 g/mol. The molecule has 0 saturated carbocycles. The molecule has 0 unspecified atom stereocenters. The molecule has 0 atom stereocenters. The average molecular weight is 341 g/mol. The Morgan fingerprint density at radius 2 is 1.91 bits per heavy atom. The van der Waals surface area contributed by atoms with Gasteiger partial charge in [-0.2, -0.15) is 0 Å². The van der Waals surface area contributed by atoms with Gasteiger partial charge in [-0.3, -0.25) is 4.79 Å². The second-order valence-corrected chi connectivity index (χ2v) is 4.89. The van der Waals surface area contributed by atoms with E-state index in [1.807, 2.05) is 0 Å². The highest BCUT2D eigenvalue weighted by Crippen LogP contribution is 2.20. The molecule has 0 aliphatic rings. The minimum absolute atomic E-state index is 0.108. The monoisotopic (exact) mass is 340 g/mol. The molecule has 8 heteroatoms. The van der Waals surface area contributed by atoms with Crippen LogP contribution in [0.2, 0.25) is 5.02 Å². The van der Waals surface area contributed by atoms with Crippen molar-refractivity contribution in [2.24, 2.45) is 0 Å². The fraction of sp³-hybridized carbons (Fsp3) is 0.0667. The normalized spacial score (nSPS) is 10.2. The fourth-order valence-electron chi connectivity index (χ4n) is 1.66. The predicted octanol–water partition coefficient (Wildman–Crippen LogP) is 3.00. The quantitative estimate of drug-likeness (QED) is 0.662. The third kappa shape index (κ3) is 4.40.